The first-order valence-corrected chi connectivity index (χ1v) is 27.6. The van der Waals surface area contributed by atoms with Gasteiger partial charge >= 0.3 is 23.9 Å². The monoisotopic (exact) mass is 1040 g/mol. The Bertz CT molecular complexity index is 2520. The topological polar surface area (TPSA) is 168 Å². The first-order chi connectivity index (χ1) is 34.8. The Labute approximate surface area is 441 Å². The lowest BCUT2D eigenvalue weighted by Gasteiger charge is -2.61. The van der Waals surface area contributed by atoms with E-state index < -0.39 is 29.8 Å². The molecule has 4 aliphatic carbocycles. The summed E-state index contributed by atoms with van der Waals surface area (Å²) in [6, 6.07) is 18.6. The van der Waals surface area contributed by atoms with Crippen LogP contribution in [0.25, 0.3) is 0 Å². The van der Waals surface area contributed by atoms with Gasteiger partial charge in [-0.1, -0.05) is 114 Å². The fourth-order valence-electron chi connectivity index (χ4n) is 14.8. The number of aromatic carboxylic acids is 4. The third-order valence-corrected chi connectivity index (χ3v) is 19.2. The lowest BCUT2D eigenvalue weighted by molar-refractivity contribution is -0.121. The molecule has 4 N–H and O–H groups in total. The maximum absolute atomic E-state index is 13.0. The van der Waals surface area contributed by atoms with Crippen molar-refractivity contribution in [1.29, 1.82) is 0 Å². The molecule has 10 nitrogen and oxygen atoms in total. The average Bonchev–Trinajstić information content (AvgIpc) is 3.71. The summed E-state index contributed by atoms with van der Waals surface area (Å²) in [6.07, 6.45) is 18.2. The third-order valence-electron chi connectivity index (χ3n) is 18.6. The van der Waals surface area contributed by atoms with Crippen molar-refractivity contribution in [3.05, 3.63) is 127 Å². The molecule has 0 heterocycles. The van der Waals surface area contributed by atoms with Gasteiger partial charge in [0.15, 0.2) is 11.5 Å². The van der Waals surface area contributed by atoms with E-state index in [2.05, 4.69) is 34.6 Å². The van der Waals surface area contributed by atoms with Crippen LogP contribution in [0, 0.1) is 58.2 Å². The van der Waals surface area contributed by atoms with Gasteiger partial charge in [0, 0.05) is 5.92 Å². The SMILES string of the molecule is CC(C)CCC[C@@H](C)[C@H]1CC[C@H]2[C@@H]3CC[C@H]4C[C@@H](CCCC(c5cc(Cl)c(OCc6ccc(C(=O)O)cc6)c(C(=O)O)c5)c5cc(Cl)c(OCc6ccc(C(=O)O)cc6)c(C(=O)O)c5)CC[C@]4(C)[C@H]3CC[C@]12C. The van der Waals surface area contributed by atoms with Gasteiger partial charge in [-0.15, -0.1) is 0 Å². The normalized spacial score (nSPS) is 25.9. The standard InChI is InChI=1S/C61H74Cl2O10/c1-35(2)8-6-9-36(3)49-22-23-50-46-21-20-44-28-37(24-26-60(44,4)51(46)25-27-61(49,50)5)10-7-11-45(42-29-47(58(68)69)54(52(62)31-42)72-33-38-12-16-40(17-13-38)56(64)65)43-30-48(59(70)71)55(53(63)32-43)73-34-39-14-18-41(19-15-39)57(66)67/h12-19,29-32,35-37,44-46,49-51H,6-11,20-28,33-34H2,1-5H3,(H,64,65)(H,66,67)(H,68,69)(H,70,71)/t36-,37+,44+,46+,49-,50+,51+,60+,61-/m1/s1. The van der Waals surface area contributed by atoms with E-state index in [-0.39, 0.29) is 57.0 Å². The molecular formula is C61H74Cl2O10. The van der Waals surface area contributed by atoms with E-state index in [1.165, 1.54) is 101 Å². The van der Waals surface area contributed by atoms with Gasteiger partial charge in [-0.05, 0) is 193 Å². The van der Waals surface area contributed by atoms with Gasteiger partial charge < -0.3 is 29.9 Å². The van der Waals surface area contributed by atoms with Gasteiger partial charge in [-0.3, -0.25) is 0 Å². The minimum atomic E-state index is -1.26. The van der Waals surface area contributed by atoms with E-state index in [1.807, 2.05) is 0 Å². The van der Waals surface area contributed by atoms with Crippen LogP contribution in [0.5, 0.6) is 11.5 Å². The first kappa shape index (κ1) is 54.2. The predicted octanol–water partition coefficient (Wildman–Crippen LogP) is 16.0. The van der Waals surface area contributed by atoms with Crippen LogP contribution in [-0.2, 0) is 13.2 Å². The van der Waals surface area contributed by atoms with E-state index in [4.69, 9.17) is 32.7 Å². The summed E-state index contributed by atoms with van der Waals surface area (Å²) in [5, 5.41) is 40.0. The molecule has 0 amide bonds. The molecule has 4 fully saturated rings. The van der Waals surface area contributed by atoms with E-state index in [1.54, 1.807) is 48.5 Å². The molecule has 4 saturated carbocycles. The Morgan fingerprint density at radius 3 is 1.63 bits per heavy atom. The van der Waals surface area contributed by atoms with E-state index in [0.29, 0.717) is 51.3 Å². The molecule has 0 bridgehead atoms. The van der Waals surface area contributed by atoms with Gasteiger partial charge in [0.1, 0.15) is 24.3 Å². The number of benzene rings is 4. The lowest BCUT2D eigenvalue weighted by atomic mass is 9.44. The van der Waals surface area contributed by atoms with Crippen LogP contribution in [0.1, 0.15) is 201 Å². The summed E-state index contributed by atoms with van der Waals surface area (Å²) in [6.45, 7) is 12.4. The van der Waals surface area contributed by atoms with Crippen LogP contribution in [0.4, 0.5) is 0 Å². The Morgan fingerprint density at radius 1 is 0.603 bits per heavy atom. The quantitative estimate of drug-likeness (QED) is 0.0630. The first-order valence-electron chi connectivity index (χ1n) is 26.8. The van der Waals surface area contributed by atoms with Gasteiger partial charge in [0.2, 0.25) is 0 Å². The van der Waals surface area contributed by atoms with Crippen molar-refractivity contribution in [3.63, 3.8) is 0 Å². The largest absolute Gasteiger partial charge is 0.486 e. The van der Waals surface area contributed by atoms with E-state index in [0.717, 1.165) is 48.3 Å². The van der Waals surface area contributed by atoms with Crippen LogP contribution in [0.2, 0.25) is 10.0 Å². The Kier molecular flexibility index (Phi) is 16.9. The van der Waals surface area contributed by atoms with Gasteiger partial charge in [0.25, 0.3) is 0 Å². The van der Waals surface area contributed by atoms with Crippen molar-refractivity contribution < 1.29 is 49.1 Å². The van der Waals surface area contributed by atoms with Crippen molar-refractivity contribution in [2.45, 2.75) is 150 Å². The van der Waals surface area contributed by atoms with Crippen LogP contribution in [0.3, 0.4) is 0 Å². The van der Waals surface area contributed by atoms with Crippen molar-refractivity contribution in [3.8, 4) is 11.5 Å². The number of carbonyl (C=O) groups is 4. The highest BCUT2D eigenvalue weighted by molar-refractivity contribution is 6.33. The van der Waals surface area contributed by atoms with Crippen molar-refractivity contribution in [2.24, 2.45) is 58.2 Å². The minimum absolute atomic E-state index is 0.0367. The molecule has 73 heavy (non-hydrogen) atoms. The smallest absolute Gasteiger partial charge is 0.339 e. The molecule has 0 aromatic heterocycles. The number of carboxylic acids is 4. The number of hydrogen-bond acceptors (Lipinski definition) is 6. The third kappa shape index (κ3) is 11.8. The Hall–Kier alpha value is -5.06. The molecule has 4 aliphatic rings. The molecule has 4 aromatic rings. The summed E-state index contributed by atoms with van der Waals surface area (Å²) in [7, 11) is 0. The summed E-state index contributed by atoms with van der Waals surface area (Å²) in [4.78, 5) is 48.8. The number of hydrogen-bond donors (Lipinski definition) is 4. The maximum atomic E-state index is 13.0. The van der Waals surface area contributed by atoms with Gasteiger partial charge in [-0.2, -0.15) is 0 Å². The number of rotatable bonds is 21. The molecule has 8 rings (SSSR count). The Morgan fingerprint density at radius 2 is 1.12 bits per heavy atom. The molecule has 0 aliphatic heterocycles. The highest BCUT2D eigenvalue weighted by Crippen LogP contribution is 2.69. The second-order valence-corrected chi connectivity index (χ2v) is 24.1. The second kappa shape index (κ2) is 22.8. The van der Waals surface area contributed by atoms with Gasteiger partial charge in [-0.25, -0.2) is 19.2 Å². The molecule has 12 heteroatoms. The molecule has 392 valence electrons. The maximum Gasteiger partial charge on any atom is 0.339 e. The predicted molar refractivity (Wildman–Crippen MR) is 285 cm³/mol. The molecular weight excluding hydrogens is 964 g/mol. The molecule has 4 aromatic carbocycles. The number of halogens is 2. The fourth-order valence-corrected chi connectivity index (χ4v) is 15.4. The lowest BCUT2D eigenvalue weighted by Crippen LogP contribution is -2.53. The van der Waals surface area contributed by atoms with Crippen molar-refractivity contribution in [2.75, 3.05) is 0 Å². The Balaban J connectivity index is 1.00. The fraction of sp³-hybridized carbons (Fsp3) is 0.541. The highest BCUT2D eigenvalue weighted by Gasteiger charge is 2.60. The van der Waals surface area contributed by atoms with Gasteiger partial charge in [0.05, 0.1) is 21.2 Å². The summed E-state index contributed by atoms with van der Waals surface area (Å²) in [5.41, 5.74) is 3.09. The molecule has 0 radical (unpaired) electrons. The summed E-state index contributed by atoms with van der Waals surface area (Å²) in [5.74, 6) is 0.899. The van der Waals surface area contributed by atoms with Crippen molar-refractivity contribution >= 4 is 47.1 Å². The highest BCUT2D eigenvalue weighted by atomic mass is 35.5. The summed E-state index contributed by atoms with van der Waals surface area (Å²) >= 11 is 13.9. The second-order valence-electron chi connectivity index (χ2n) is 23.3. The van der Waals surface area contributed by atoms with Crippen molar-refractivity contribution in [1.82, 2.24) is 0 Å². The number of fused-ring (bicyclic) bond motifs is 5. The number of carboxylic acid groups (broad SMARTS) is 4. The van der Waals surface area contributed by atoms with E-state index >= 15 is 0 Å². The molecule has 9 atom stereocenters. The zero-order chi connectivity index (χ0) is 52.4. The van der Waals surface area contributed by atoms with Crippen LogP contribution in [0.15, 0.2) is 72.8 Å². The molecule has 0 saturated heterocycles. The number of ether oxygens (including phenoxy) is 2. The average molecular weight is 1040 g/mol. The summed E-state index contributed by atoms with van der Waals surface area (Å²) < 4.78 is 12.0. The van der Waals surface area contributed by atoms with E-state index in [9.17, 15) is 39.6 Å². The van der Waals surface area contributed by atoms with Crippen LogP contribution in [-0.4, -0.2) is 44.3 Å². The zero-order valence-electron chi connectivity index (χ0n) is 43.1. The van der Waals surface area contributed by atoms with Crippen LogP contribution >= 0.6 is 23.2 Å². The molecule has 0 spiro atoms. The molecule has 0 unspecified atom stereocenters. The van der Waals surface area contributed by atoms with Crippen LogP contribution < -0.4 is 9.47 Å². The minimum Gasteiger partial charge on any atom is -0.486 e. The zero-order valence-corrected chi connectivity index (χ0v) is 44.7.